The second-order valence-electron chi connectivity index (χ2n) is 5.58. The summed E-state index contributed by atoms with van der Waals surface area (Å²) in [5.74, 6) is -0.324. The van der Waals surface area contributed by atoms with Crippen LogP contribution in [-0.2, 0) is 9.59 Å². The van der Waals surface area contributed by atoms with Crippen molar-refractivity contribution in [3.05, 3.63) is 0 Å². The third-order valence-electron chi connectivity index (χ3n) is 3.88. The molecule has 0 aromatic rings. The van der Waals surface area contributed by atoms with Crippen molar-refractivity contribution in [1.29, 1.82) is 0 Å². The molecule has 1 aliphatic heterocycles. The third kappa shape index (κ3) is 3.72. The van der Waals surface area contributed by atoms with E-state index >= 15 is 0 Å². The Hall–Kier alpha value is -1.06. The van der Waals surface area contributed by atoms with E-state index in [0.29, 0.717) is 31.8 Å². The minimum Gasteiger partial charge on any atom is -0.481 e. The average Bonchev–Trinajstić information content (AvgIpc) is 2.35. The van der Waals surface area contributed by atoms with Gasteiger partial charge in [0.15, 0.2) is 0 Å². The Morgan fingerprint density at radius 3 is 2.22 bits per heavy atom. The number of carboxylic acid groups (broad SMARTS) is 1. The SMILES string of the molecule is CCCC(C(=O)N1CCC(C(=O)O)CC1)C(C)C. The number of amides is 1. The monoisotopic (exact) mass is 255 g/mol. The standard InChI is InChI=1S/C14H25NO3/c1-4-5-12(10(2)3)13(16)15-8-6-11(7-9-15)14(17)18/h10-12H,4-9H2,1-3H3,(H,17,18). The predicted molar refractivity (Wildman–Crippen MR) is 70.2 cm³/mol. The molecule has 0 saturated carbocycles. The summed E-state index contributed by atoms with van der Waals surface area (Å²) in [6.45, 7) is 7.47. The van der Waals surface area contributed by atoms with Gasteiger partial charge in [0.05, 0.1) is 5.92 Å². The van der Waals surface area contributed by atoms with Crippen LogP contribution in [0.5, 0.6) is 0 Å². The normalized spacial score (nSPS) is 19.0. The van der Waals surface area contributed by atoms with Gasteiger partial charge in [0, 0.05) is 19.0 Å². The molecular formula is C14H25NO3. The predicted octanol–water partition coefficient (Wildman–Crippen LogP) is 2.38. The Morgan fingerprint density at radius 2 is 1.83 bits per heavy atom. The molecule has 1 atom stereocenters. The van der Waals surface area contributed by atoms with E-state index < -0.39 is 5.97 Å². The first kappa shape index (κ1) is 15.0. The number of piperidine rings is 1. The van der Waals surface area contributed by atoms with Gasteiger partial charge in [0.25, 0.3) is 0 Å². The van der Waals surface area contributed by atoms with E-state index in [9.17, 15) is 9.59 Å². The molecule has 0 spiro atoms. The molecule has 1 heterocycles. The molecule has 1 N–H and O–H groups in total. The van der Waals surface area contributed by atoms with Gasteiger partial charge in [-0.3, -0.25) is 9.59 Å². The Bertz CT molecular complexity index is 293. The smallest absolute Gasteiger partial charge is 0.306 e. The largest absolute Gasteiger partial charge is 0.481 e. The maximum absolute atomic E-state index is 12.4. The summed E-state index contributed by atoms with van der Waals surface area (Å²) in [5, 5.41) is 8.94. The maximum Gasteiger partial charge on any atom is 0.306 e. The van der Waals surface area contributed by atoms with Crippen molar-refractivity contribution in [3.63, 3.8) is 0 Å². The van der Waals surface area contributed by atoms with Crippen molar-refractivity contribution in [1.82, 2.24) is 4.90 Å². The average molecular weight is 255 g/mol. The van der Waals surface area contributed by atoms with Crippen molar-refractivity contribution in [3.8, 4) is 0 Å². The highest BCUT2D eigenvalue weighted by atomic mass is 16.4. The Morgan fingerprint density at radius 1 is 1.28 bits per heavy atom. The van der Waals surface area contributed by atoms with E-state index in [1.54, 1.807) is 0 Å². The summed E-state index contributed by atoms with van der Waals surface area (Å²) in [4.78, 5) is 25.1. The number of hydrogen-bond donors (Lipinski definition) is 1. The van der Waals surface area contributed by atoms with E-state index in [0.717, 1.165) is 12.8 Å². The molecule has 0 aliphatic carbocycles. The lowest BCUT2D eigenvalue weighted by atomic mass is 9.88. The molecule has 1 amide bonds. The third-order valence-corrected chi connectivity index (χ3v) is 3.88. The first-order chi connectivity index (χ1) is 8.47. The van der Waals surface area contributed by atoms with Crippen LogP contribution in [0.4, 0.5) is 0 Å². The van der Waals surface area contributed by atoms with Crippen LogP contribution in [0.3, 0.4) is 0 Å². The summed E-state index contributed by atoms with van der Waals surface area (Å²) < 4.78 is 0. The summed E-state index contributed by atoms with van der Waals surface area (Å²) >= 11 is 0. The lowest BCUT2D eigenvalue weighted by molar-refractivity contribution is -0.147. The minimum absolute atomic E-state index is 0.0939. The molecule has 1 fully saturated rings. The van der Waals surface area contributed by atoms with Crippen LogP contribution in [0.1, 0.15) is 46.5 Å². The molecule has 0 aromatic heterocycles. The van der Waals surface area contributed by atoms with Gasteiger partial charge in [0.1, 0.15) is 0 Å². The van der Waals surface area contributed by atoms with Crippen LogP contribution in [0, 0.1) is 17.8 Å². The lowest BCUT2D eigenvalue weighted by Crippen LogP contribution is -2.44. The number of aliphatic carboxylic acids is 1. The number of rotatable bonds is 5. The van der Waals surface area contributed by atoms with Crippen LogP contribution in [0.2, 0.25) is 0 Å². The molecule has 0 bridgehead atoms. The maximum atomic E-state index is 12.4. The molecular weight excluding hydrogens is 230 g/mol. The fraction of sp³-hybridized carbons (Fsp3) is 0.857. The Kier molecular flexibility index (Phi) is 5.63. The number of hydrogen-bond acceptors (Lipinski definition) is 2. The molecule has 0 radical (unpaired) electrons. The number of carbonyl (C=O) groups excluding carboxylic acids is 1. The highest BCUT2D eigenvalue weighted by Crippen LogP contribution is 2.24. The van der Waals surface area contributed by atoms with Gasteiger partial charge in [-0.15, -0.1) is 0 Å². The van der Waals surface area contributed by atoms with Crippen molar-refractivity contribution in [2.24, 2.45) is 17.8 Å². The van der Waals surface area contributed by atoms with Crippen LogP contribution >= 0.6 is 0 Å². The molecule has 18 heavy (non-hydrogen) atoms. The quantitative estimate of drug-likeness (QED) is 0.820. The zero-order chi connectivity index (χ0) is 13.7. The summed E-state index contributed by atoms with van der Waals surface area (Å²) in [6, 6.07) is 0. The zero-order valence-corrected chi connectivity index (χ0v) is 11.7. The second-order valence-corrected chi connectivity index (χ2v) is 5.58. The van der Waals surface area contributed by atoms with Crippen LogP contribution in [-0.4, -0.2) is 35.0 Å². The Labute approximate surface area is 109 Å². The first-order valence-corrected chi connectivity index (χ1v) is 6.99. The topological polar surface area (TPSA) is 57.6 Å². The first-order valence-electron chi connectivity index (χ1n) is 6.99. The molecule has 0 aromatic carbocycles. The molecule has 1 aliphatic rings. The van der Waals surface area contributed by atoms with E-state index in [4.69, 9.17) is 5.11 Å². The van der Waals surface area contributed by atoms with Gasteiger partial charge >= 0.3 is 5.97 Å². The van der Waals surface area contributed by atoms with Gasteiger partial charge in [-0.1, -0.05) is 27.2 Å². The van der Waals surface area contributed by atoms with Crippen LogP contribution < -0.4 is 0 Å². The van der Waals surface area contributed by atoms with E-state index in [2.05, 4.69) is 20.8 Å². The highest BCUT2D eigenvalue weighted by Gasteiger charge is 2.31. The summed E-state index contributed by atoms with van der Waals surface area (Å²) in [7, 11) is 0. The second kappa shape index (κ2) is 6.76. The molecule has 1 saturated heterocycles. The minimum atomic E-state index is -0.726. The van der Waals surface area contributed by atoms with Gasteiger partial charge in [-0.25, -0.2) is 0 Å². The van der Waals surface area contributed by atoms with Crippen LogP contribution in [0.25, 0.3) is 0 Å². The van der Waals surface area contributed by atoms with Crippen molar-refractivity contribution in [2.75, 3.05) is 13.1 Å². The van der Waals surface area contributed by atoms with Crippen molar-refractivity contribution < 1.29 is 14.7 Å². The van der Waals surface area contributed by atoms with Crippen LogP contribution in [0.15, 0.2) is 0 Å². The number of nitrogens with zero attached hydrogens (tertiary/aromatic N) is 1. The van der Waals surface area contributed by atoms with E-state index in [-0.39, 0.29) is 17.7 Å². The molecule has 4 nitrogen and oxygen atoms in total. The fourth-order valence-corrected chi connectivity index (χ4v) is 2.63. The van der Waals surface area contributed by atoms with Crippen molar-refractivity contribution >= 4 is 11.9 Å². The van der Waals surface area contributed by atoms with E-state index in [1.807, 2.05) is 4.90 Å². The van der Waals surface area contributed by atoms with Gasteiger partial charge in [0.2, 0.25) is 5.91 Å². The van der Waals surface area contributed by atoms with Gasteiger partial charge in [-0.05, 0) is 25.2 Å². The number of carboxylic acids is 1. The summed E-state index contributed by atoms with van der Waals surface area (Å²) in [5.41, 5.74) is 0. The van der Waals surface area contributed by atoms with Crippen molar-refractivity contribution in [2.45, 2.75) is 46.5 Å². The van der Waals surface area contributed by atoms with Gasteiger partial charge < -0.3 is 10.0 Å². The van der Waals surface area contributed by atoms with Gasteiger partial charge in [-0.2, -0.15) is 0 Å². The zero-order valence-electron chi connectivity index (χ0n) is 11.7. The number of likely N-dealkylation sites (tertiary alicyclic amines) is 1. The molecule has 104 valence electrons. The lowest BCUT2D eigenvalue weighted by Gasteiger charge is -2.34. The fourth-order valence-electron chi connectivity index (χ4n) is 2.63. The number of carbonyl (C=O) groups is 2. The molecule has 1 unspecified atom stereocenters. The summed E-state index contributed by atoms with van der Waals surface area (Å²) in [6.07, 6.45) is 3.13. The molecule has 4 heteroatoms. The van der Waals surface area contributed by atoms with E-state index in [1.165, 1.54) is 0 Å². The molecule has 1 rings (SSSR count). The highest BCUT2D eigenvalue weighted by molar-refractivity contribution is 5.79. The Balaban J connectivity index is 2.55.